The van der Waals surface area contributed by atoms with E-state index in [9.17, 15) is 0 Å². The summed E-state index contributed by atoms with van der Waals surface area (Å²) in [6.07, 6.45) is 0. The van der Waals surface area contributed by atoms with Gasteiger partial charge >= 0.3 is 7.69 Å². The highest BCUT2D eigenvalue weighted by atomic mass is 32.1. The summed E-state index contributed by atoms with van der Waals surface area (Å²) >= 11 is 1.51. The summed E-state index contributed by atoms with van der Waals surface area (Å²) in [5.74, 6) is 0. The Morgan fingerprint density at radius 2 is 1.60 bits per heavy atom. The van der Waals surface area contributed by atoms with Gasteiger partial charge in [-0.05, 0) is 39.1 Å². The fraction of sp³-hybridized carbons (Fsp3) is 0.429. The van der Waals surface area contributed by atoms with Crippen LogP contribution in [0.25, 0.3) is 10.8 Å². The molecule has 0 aliphatic heterocycles. The van der Waals surface area contributed by atoms with Crippen LogP contribution in [0, 0.1) is 0 Å². The quantitative estimate of drug-likeness (QED) is 0.758. The van der Waals surface area contributed by atoms with E-state index < -0.39 is 11.2 Å². The predicted molar refractivity (Wildman–Crippen MR) is 84.4 cm³/mol. The molecule has 20 heavy (non-hydrogen) atoms. The fourth-order valence-corrected chi connectivity index (χ4v) is 2.01. The van der Waals surface area contributed by atoms with Crippen LogP contribution in [0.3, 0.4) is 0 Å². The summed E-state index contributed by atoms with van der Waals surface area (Å²) in [4.78, 5) is 0. The van der Waals surface area contributed by atoms with Crippen molar-refractivity contribution in [3.8, 4) is 5.06 Å². The maximum Gasteiger partial charge on any atom is 0.504 e. The molecule has 0 amide bonds. The van der Waals surface area contributed by atoms with Gasteiger partial charge in [0.2, 0.25) is 0 Å². The van der Waals surface area contributed by atoms with E-state index in [2.05, 4.69) is 0 Å². The lowest BCUT2D eigenvalue weighted by molar-refractivity contribution is -0.107. The molecule has 110 valence electrons. The number of hydrogen-bond donors (Lipinski definition) is 3. The van der Waals surface area contributed by atoms with Gasteiger partial charge in [-0.25, -0.2) is 0 Å². The van der Waals surface area contributed by atoms with Crippen molar-refractivity contribution in [2.24, 2.45) is 0 Å². The van der Waals surface area contributed by atoms with Crippen molar-refractivity contribution in [1.82, 2.24) is 0 Å². The second-order valence-electron chi connectivity index (χ2n) is 5.50. The number of rotatable bonds is 3. The fourth-order valence-electron chi connectivity index (χ4n) is 1.14. The van der Waals surface area contributed by atoms with Crippen LogP contribution < -0.4 is 4.65 Å². The minimum atomic E-state index is -1.01. The van der Waals surface area contributed by atoms with Gasteiger partial charge in [-0.3, -0.25) is 0 Å². The topological polar surface area (TPSA) is 69.9 Å². The van der Waals surface area contributed by atoms with Crippen LogP contribution in [0.15, 0.2) is 29.6 Å². The normalized spacial score (nSPS) is 11.8. The molecule has 2 rings (SSSR count). The van der Waals surface area contributed by atoms with Gasteiger partial charge in [-0.2, -0.15) is 0 Å². The Hall–Kier alpha value is -1.08. The summed E-state index contributed by atoms with van der Waals surface area (Å²) in [6, 6.07) is 7.95. The van der Waals surface area contributed by atoms with Gasteiger partial charge in [0.05, 0.1) is 11.2 Å². The Balaban J connectivity index is 0.000000221. The first kappa shape index (κ1) is 17.0. The molecule has 1 aromatic carbocycles. The minimum Gasteiger partial charge on any atom is -0.531 e. The van der Waals surface area contributed by atoms with Gasteiger partial charge in [0.1, 0.15) is 0 Å². The van der Waals surface area contributed by atoms with Crippen molar-refractivity contribution in [2.45, 2.75) is 38.9 Å². The highest BCUT2D eigenvalue weighted by Crippen LogP contribution is 2.32. The van der Waals surface area contributed by atoms with Gasteiger partial charge in [-0.15, -0.1) is 11.3 Å². The smallest absolute Gasteiger partial charge is 0.504 e. The van der Waals surface area contributed by atoms with Crippen molar-refractivity contribution in [3.05, 3.63) is 29.6 Å². The van der Waals surface area contributed by atoms with Crippen LogP contribution in [0.2, 0.25) is 0 Å². The summed E-state index contributed by atoms with van der Waals surface area (Å²) in [5.41, 5.74) is -2.01. The van der Waals surface area contributed by atoms with E-state index in [0.29, 0.717) is 0 Å². The van der Waals surface area contributed by atoms with E-state index in [1.54, 1.807) is 27.7 Å². The zero-order valence-corrected chi connectivity index (χ0v) is 13.1. The van der Waals surface area contributed by atoms with Crippen LogP contribution in [0.5, 0.6) is 5.06 Å². The van der Waals surface area contributed by atoms with Crippen LogP contribution in [-0.2, 0) is 0 Å². The third kappa shape index (κ3) is 4.49. The van der Waals surface area contributed by atoms with Gasteiger partial charge in [-0.1, -0.05) is 18.2 Å². The first-order valence-corrected chi connectivity index (χ1v) is 7.19. The lowest BCUT2D eigenvalue weighted by Gasteiger charge is -2.31. The predicted octanol–water partition coefficient (Wildman–Crippen LogP) is 2.07. The van der Waals surface area contributed by atoms with Crippen LogP contribution in [0.1, 0.15) is 27.7 Å². The number of fused-ring (bicyclic) bond motifs is 1. The second kappa shape index (κ2) is 6.58. The molecule has 0 atom stereocenters. The van der Waals surface area contributed by atoms with Gasteiger partial charge in [0, 0.05) is 10.8 Å². The van der Waals surface area contributed by atoms with E-state index >= 15 is 0 Å². The van der Waals surface area contributed by atoms with E-state index in [-0.39, 0.29) is 7.69 Å². The molecule has 6 heteroatoms. The first-order chi connectivity index (χ1) is 9.17. The number of aliphatic hydroxyl groups is 2. The lowest BCUT2D eigenvalue weighted by Crippen LogP contribution is -2.44. The molecule has 0 fully saturated rings. The summed E-state index contributed by atoms with van der Waals surface area (Å²) in [5, 5.41) is 31.8. The van der Waals surface area contributed by atoms with Crippen LogP contribution in [0.4, 0.5) is 0 Å². The van der Waals surface area contributed by atoms with Crippen molar-refractivity contribution < 1.29 is 19.9 Å². The zero-order chi connectivity index (χ0) is 15.4. The molecule has 0 spiro atoms. The summed E-state index contributed by atoms with van der Waals surface area (Å²) in [6.45, 7) is 6.31. The van der Waals surface area contributed by atoms with Crippen molar-refractivity contribution in [3.63, 3.8) is 0 Å². The molecule has 3 N–H and O–H groups in total. The Labute approximate surface area is 124 Å². The van der Waals surface area contributed by atoms with Gasteiger partial charge in [0.25, 0.3) is 0 Å². The highest BCUT2D eigenvalue weighted by Gasteiger charge is 2.31. The first-order valence-electron chi connectivity index (χ1n) is 6.31. The van der Waals surface area contributed by atoms with Crippen molar-refractivity contribution in [2.75, 3.05) is 0 Å². The summed E-state index contributed by atoms with van der Waals surface area (Å²) < 4.78 is 5.03. The Kier molecular flexibility index (Phi) is 5.59. The molecule has 1 heterocycles. The molecule has 0 bridgehead atoms. The second-order valence-corrected chi connectivity index (χ2v) is 6.34. The molecule has 0 radical (unpaired) electrons. The third-order valence-electron chi connectivity index (χ3n) is 3.17. The van der Waals surface area contributed by atoms with Crippen LogP contribution >= 0.6 is 11.3 Å². The highest BCUT2D eigenvalue weighted by molar-refractivity contribution is 7.13. The number of benzene rings is 1. The average molecular weight is 296 g/mol. The summed E-state index contributed by atoms with van der Waals surface area (Å²) in [7, 11) is -0.259. The monoisotopic (exact) mass is 296 g/mol. The lowest BCUT2D eigenvalue weighted by atomic mass is 9.90. The standard InChI is InChI=1S/C8H7BO2S.C6H14O2/c10-9-11-8-7-4-2-1-3-6(7)5-12-8;1-5(2,7)6(3,4)8/h1-5,9-10H;7-8H,1-4H3. The maximum atomic E-state index is 9.10. The van der Waals surface area contributed by atoms with Crippen molar-refractivity contribution >= 4 is 29.8 Å². The molecule has 1 aromatic heterocycles. The van der Waals surface area contributed by atoms with Crippen LogP contribution in [-0.4, -0.2) is 34.1 Å². The molecule has 0 saturated carbocycles. The molecular weight excluding hydrogens is 275 g/mol. The molecule has 0 aliphatic rings. The maximum absolute atomic E-state index is 9.10. The third-order valence-corrected chi connectivity index (χ3v) is 4.09. The van der Waals surface area contributed by atoms with Crippen molar-refractivity contribution in [1.29, 1.82) is 0 Å². The van der Waals surface area contributed by atoms with E-state index in [1.807, 2.05) is 29.6 Å². The SMILES string of the molecule is CC(C)(O)C(C)(C)O.OBOc1scc2ccccc12. The van der Waals surface area contributed by atoms with E-state index in [0.717, 1.165) is 15.8 Å². The Morgan fingerprint density at radius 1 is 1.05 bits per heavy atom. The minimum absolute atomic E-state index is 0.259. The van der Waals surface area contributed by atoms with Gasteiger partial charge in [0.15, 0.2) is 5.06 Å². The average Bonchev–Trinajstić information content (AvgIpc) is 2.72. The molecular formula is C14H21BO4S. The largest absolute Gasteiger partial charge is 0.531 e. The zero-order valence-electron chi connectivity index (χ0n) is 12.3. The molecule has 2 aromatic rings. The molecule has 0 aliphatic carbocycles. The number of thiophene rings is 1. The molecule has 0 saturated heterocycles. The van der Waals surface area contributed by atoms with E-state index in [4.69, 9.17) is 19.9 Å². The Morgan fingerprint density at radius 3 is 2.10 bits per heavy atom. The Bertz CT molecular complexity index is 528. The number of hydrogen-bond acceptors (Lipinski definition) is 5. The molecule has 0 unspecified atom stereocenters. The molecule has 4 nitrogen and oxygen atoms in total. The van der Waals surface area contributed by atoms with E-state index in [1.165, 1.54) is 11.3 Å². The van der Waals surface area contributed by atoms with Gasteiger partial charge < -0.3 is 19.9 Å².